The highest BCUT2D eigenvalue weighted by Gasteiger charge is 2.31. The van der Waals surface area contributed by atoms with E-state index in [1.165, 1.54) is 7.11 Å². The third kappa shape index (κ3) is 2.84. The molecule has 1 aromatic rings. The first-order valence-corrected chi connectivity index (χ1v) is 7.18. The summed E-state index contributed by atoms with van der Waals surface area (Å²) < 4.78 is 10.4. The van der Waals surface area contributed by atoms with E-state index < -0.39 is 5.97 Å². The molecule has 0 amide bonds. The lowest BCUT2D eigenvalue weighted by Gasteiger charge is -2.15. The van der Waals surface area contributed by atoms with Gasteiger partial charge in [0.2, 0.25) is 0 Å². The van der Waals surface area contributed by atoms with Crippen LogP contribution in [0.2, 0.25) is 0 Å². The molecule has 0 fully saturated rings. The summed E-state index contributed by atoms with van der Waals surface area (Å²) in [4.78, 5) is 22.2. The van der Waals surface area contributed by atoms with E-state index in [1.807, 2.05) is 19.9 Å². The molecule has 0 aliphatic carbocycles. The van der Waals surface area contributed by atoms with Crippen LogP contribution in [-0.4, -0.2) is 24.5 Å². The summed E-state index contributed by atoms with van der Waals surface area (Å²) in [6, 6.07) is 0. The van der Waals surface area contributed by atoms with Crippen LogP contribution in [0.4, 0.5) is 0 Å². The van der Waals surface area contributed by atoms with Crippen LogP contribution in [0.5, 0.6) is 11.5 Å². The van der Waals surface area contributed by atoms with Crippen molar-refractivity contribution in [3.05, 3.63) is 33.9 Å². The lowest BCUT2D eigenvalue weighted by molar-refractivity contribution is -0.107. The molecule has 0 bridgehead atoms. The highest BCUT2D eigenvalue weighted by molar-refractivity contribution is 5.98. The lowest BCUT2D eigenvalue weighted by Crippen LogP contribution is -2.03. The molecule has 0 atom stereocenters. The minimum Gasteiger partial charge on any atom is -0.507 e. The number of aromatic hydroxyl groups is 1. The fourth-order valence-electron chi connectivity index (χ4n) is 2.69. The minimum absolute atomic E-state index is 0.0700. The molecule has 2 rings (SSSR count). The number of carbonyl (C=O) groups excluding carboxylic acids is 2. The Hall–Kier alpha value is -2.30. The van der Waals surface area contributed by atoms with Crippen molar-refractivity contribution in [3.63, 3.8) is 0 Å². The average Bonchev–Trinajstić information content (AvgIpc) is 2.89. The van der Waals surface area contributed by atoms with E-state index in [1.54, 1.807) is 0 Å². The molecule has 1 N–H and O–H groups in total. The summed E-state index contributed by atoms with van der Waals surface area (Å²) in [5, 5.41) is 10.4. The number of methoxy groups -OCH3 is 1. The van der Waals surface area contributed by atoms with Gasteiger partial charge < -0.3 is 19.4 Å². The summed E-state index contributed by atoms with van der Waals surface area (Å²) in [6.45, 7) is 3.95. The summed E-state index contributed by atoms with van der Waals surface area (Å²) in [6.07, 6.45) is 4.40. The molecule has 0 aromatic heterocycles. The van der Waals surface area contributed by atoms with Crippen molar-refractivity contribution in [1.82, 2.24) is 0 Å². The highest BCUT2D eigenvalue weighted by Crippen LogP contribution is 2.41. The zero-order valence-corrected chi connectivity index (χ0v) is 13.1. The van der Waals surface area contributed by atoms with Gasteiger partial charge in [0.1, 0.15) is 30.0 Å². The van der Waals surface area contributed by atoms with Crippen LogP contribution < -0.4 is 4.74 Å². The first kappa shape index (κ1) is 16.1. The SMILES string of the molecule is COc1c(C)c2c(c(O)c1C/C=C(\C)CCC=O)C(=O)OC2. The average molecular weight is 304 g/mol. The van der Waals surface area contributed by atoms with Crippen LogP contribution in [-0.2, 0) is 22.6 Å². The highest BCUT2D eigenvalue weighted by atomic mass is 16.5. The van der Waals surface area contributed by atoms with Gasteiger partial charge in [-0.1, -0.05) is 11.6 Å². The Morgan fingerprint density at radius 1 is 1.45 bits per heavy atom. The molecular formula is C17H20O5. The number of phenolic OH excluding ortho intramolecular Hbond substituents is 1. The van der Waals surface area contributed by atoms with Crippen LogP contribution in [0.3, 0.4) is 0 Å². The molecule has 0 radical (unpaired) electrons. The number of benzene rings is 1. The number of cyclic esters (lactones) is 1. The lowest BCUT2D eigenvalue weighted by atomic mass is 9.94. The van der Waals surface area contributed by atoms with Gasteiger partial charge in [-0.3, -0.25) is 0 Å². The second kappa shape index (κ2) is 6.64. The molecule has 5 heteroatoms. The number of allylic oxidation sites excluding steroid dienone is 2. The topological polar surface area (TPSA) is 72.8 Å². The number of hydrogen-bond acceptors (Lipinski definition) is 5. The Kier molecular flexibility index (Phi) is 4.85. The molecule has 118 valence electrons. The van der Waals surface area contributed by atoms with E-state index in [-0.39, 0.29) is 17.9 Å². The van der Waals surface area contributed by atoms with Crippen LogP contribution in [0.15, 0.2) is 11.6 Å². The Morgan fingerprint density at radius 3 is 2.82 bits per heavy atom. The minimum atomic E-state index is -0.499. The van der Waals surface area contributed by atoms with E-state index in [0.29, 0.717) is 36.1 Å². The Bertz CT molecular complexity index is 643. The van der Waals surface area contributed by atoms with E-state index in [0.717, 1.165) is 17.4 Å². The summed E-state index contributed by atoms with van der Waals surface area (Å²) in [5.74, 6) is 0.00883. The fraction of sp³-hybridized carbons (Fsp3) is 0.412. The number of hydrogen-bond donors (Lipinski definition) is 1. The van der Waals surface area contributed by atoms with Crippen molar-refractivity contribution >= 4 is 12.3 Å². The second-order valence-electron chi connectivity index (χ2n) is 5.38. The van der Waals surface area contributed by atoms with Gasteiger partial charge in [-0.25, -0.2) is 4.79 Å². The first-order chi connectivity index (χ1) is 10.5. The van der Waals surface area contributed by atoms with E-state index in [4.69, 9.17) is 9.47 Å². The summed E-state index contributed by atoms with van der Waals surface area (Å²) in [7, 11) is 1.54. The summed E-state index contributed by atoms with van der Waals surface area (Å²) >= 11 is 0. The van der Waals surface area contributed by atoms with Crippen molar-refractivity contribution in [1.29, 1.82) is 0 Å². The van der Waals surface area contributed by atoms with E-state index in [2.05, 4.69) is 0 Å². The number of rotatable bonds is 6. The van der Waals surface area contributed by atoms with E-state index >= 15 is 0 Å². The number of phenols is 1. The van der Waals surface area contributed by atoms with Crippen molar-refractivity contribution in [2.45, 2.75) is 39.7 Å². The fourth-order valence-corrected chi connectivity index (χ4v) is 2.69. The Morgan fingerprint density at radius 2 is 2.18 bits per heavy atom. The molecule has 1 aliphatic rings. The second-order valence-corrected chi connectivity index (χ2v) is 5.38. The normalized spacial score (nSPS) is 13.8. The van der Waals surface area contributed by atoms with Crippen molar-refractivity contribution < 1.29 is 24.2 Å². The molecule has 5 nitrogen and oxygen atoms in total. The molecule has 0 unspecified atom stereocenters. The third-order valence-electron chi connectivity index (χ3n) is 3.96. The van der Waals surface area contributed by atoms with Crippen LogP contribution in [0.25, 0.3) is 0 Å². The maximum Gasteiger partial charge on any atom is 0.342 e. The molecule has 0 saturated heterocycles. The number of ether oxygens (including phenoxy) is 2. The third-order valence-corrected chi connectivity index (χ3v) is 3.96. The van der Waals surface area contributed by atoms with Gasteiger partial charge in [-0.2, -0.15) is 0 Å². The molecule has 1 aromatic carbocycles. The number of carbonyl (C=O) groups is 2. The van der Waals surface area contributed by atoms with Crippen molar-refractivity contribution in [2.75, 3.05) is 7.11 Å². The number of aldehydes is 1. The van der Waals surface area contributed by atoms with Crippen molar-refractivity contribution in [2.24, 2.45) is 0 Å². The molecule has 1 heterocycles. The molecule has 0 saturated carbocycles. The smallest absolute Gasteiger partial charge is 0.342 e. The Balaban J connectivity index is 2.43. The zero-order valence-electron chi connectivity index (χ0n) is 13.1. The van der Waals surface area contributed by atoms with Gasteiger partial charge in [0, 0.05) is 17.5 Å². The van der Waals surface area contributed by atoms with E-state index in [9.17, 15) is 14.7 Å². The molecule has 22 heavy (non-hydrogen) atoms. The molecule has 0 spiro atoms. The van der Waals surface area contributed by atoms with Crippen LogP contribution >= 0.6 is 0 Å². The zero-order chi connectivity index (χ0) is 16.3. The van der Waals surface area contributed by atoms with Gasteiger partial charge in [0.15, 0.2) is 0 Å². The van der Waals surface area contributed by atoms with Gasteiger partial charge in [0.25, 0.3) is 0 Å². The summed E-state index contributed by atoms with van der Waals surface area (Å²) in [5.41, 5.74) is 3.37. The number of fused-ring (bicyclic) bond motifs is 1. The van der Waals surface area contributed by atoms with Gasteiger partial charge in [-0.05, 0) is 32.3 Å². The number of esters is 1. The maximum absolute atomic E-state index is 11.8. The van der Waals surface area contributed by atoms with Crippen LogP contribution in [0.1, 0.15) is 46.8 Å². The quantitative estimate of drug-likeness (QED) is 0.497. The van der Waals surface area contributed by atoms with Gasteiger partial charge >= 0.3 is 5.97 Å². The van der Waals surface area contributed by atoms with Gasteiger partial charge in [0.05, 0.1) is 7.11 Å². The standard InChI is InChI=1S/C17H20O5/c1-10(5-4-8-18)6-7-12-15(19)14-13(9-22-17(14)20)11(2)16(12)21-3/h6,8,19H,4-5,7,9H2,1-3H3/b10-6+. The predicted octanol–water partition coefficient (Wildman–Crippen LogP) is 2.85. The molecule has 1 aliphatic heterocycles. The monoisotopic (exact) mass is 304 g/mol. The molecular weight excluding hydrogens is 284 g/mol. The van der Waals surface area contributed by atoms with Crippen molar-refractivity contribution in [3.8, 4) is 11.5 Å². The first-order valence-electron chi connectivity index (χ1n) is 7.18. The van der Waals surface area contributed by atoms with Crippen LogP contribution in [0, 0.1) is 6.92 Å². The van der Waals surface area contributed by atoms with Gasteiger partial charge in [-0.15, -0.1) is 0 Å². The Labute approximate surface area is 129 Å². The maximum atomic E-state index is 11.8. The largest absolute Gasteiger partial charge is 0.507 e. The predicted molar refractivity (Wildman–Crippen MR) is 81.3 cm³/mol.